The lowest BCUT2D eigenvalue weighted by Crippen LogP contribution is -2.47. The summed E-state index contributed by atoms with van der Waals surface area (Å²) in [5.74, 6) is 1.94. The van der Waals surface area contributed by atoms with Crippen molar-refractivity contribution in [2.24, 2.45) is 11.8 Å². The summed E-state index contributed by atoms with van der Waals surface area (Å²) in [6.07, 6.45) is 14.6. The molecule has 2 nitrogen and oxygen atoms in total. The number of rotatable bonds is 2. The van der Waals surface area contributed by atoms with Crippen LogP contribution < -0.4 is 5.32 Å². The lowest BCUT2D eigenvalue weighted by Gasteiger charge is -2.39. The van der Waals surface area contributed by atoms with E-state index in [4.69, 9.17) is 0 Å². The molecule has 0 bridgehead atoms. The standard InChI is InChI=1S/C18H34N2/c1-15-8-10-17(11-9-15)20-13-5-12-19-18(14-20)16-6-3-2-4-7-16/h15-19H,2-14H2,1H3. The van der Waals surface area contributed by atoms with E-state index in [1.807, 2.05) is 0 Å². The number of nitrogens with zero attached hydrogens (tertiary/aromatic N) is 1. The van der Waals surface area contributed by atoms with Gasteiger partial charge in [-0.3, -0.25) is 4.90 Å². The Hall–Kier alpha value is -0.0800. The molecule has 0 aromatic carbocycles. The Morgan fingerprint density at radius 1 is 0.850 bits per heavy atom. The highest BCUT2D eigenvalue weighted by molar-refractivity contribution is 4.88. The van der Waals surface area contributed by atoms with Gasteiger partial charge in [-0.2, -0.15) is 0 Å². The highest BCUT2D eigenvalue weighted by atomic mass is 15.2. The maximum Gasteiger partial charge on any atom is 0.0223 e. The van der Waals surface area contributed by atoms with Gasteiger partial charge < -0.3 is 5.32 Å². The van der Waals surface area contributed by atoms with Gasteiger partial charge in [-0.05, 0) is 69.9 Å². The topological polar surface area (TPSA) is 15.3 Å². The summed E-state index contributed by atoms with van der Waals surface area (Å²) >= 11 is 0. The number of hydrogen-bond donors (Lipinski definition) is 1. The fraction of sp³-hybridized carbons (Fsp3) is 1.00. The minimum atomic E-state index is 0.789. The molecule has 0 aromatic rings. The summed E-state index contributed by atoms with van der Waals surface area (Å²) in [4.78, 5) is 2.87. The molecule has 3 fully saturated rings. The molecule has 1 heterocycles. The molecule has 3 aliphatic rings. The second-order valence-electron chi connectivity index (χ2n) is 7.72. The van der Waals surface area contributed by atoms with E-state index in [9.17, 15) is 0 Å². The van der Waals surface area contributed by atoms with Gasteiger partial charge in [-0.1, -0.05) is 26.2 Å². The van der Waals surface area contributed by atoms with E-state index in [0.717, 1.165) is 23.9 Å². The summed E-state index contributed by atoms with van der Waals surface area (Å²) in [6.45, 7) is 6.37. The van der Waals surface area contributed by atoms with Gasteiger partial charge in [0.2, 0.25) is 0 Å². The smallest absolute Gasteiger partial charge is 0.0223 e. The Morgan fingerprint density at radius 2 is 1.60 bits per heavy atom. The first-order chi connectivity index (χ1) is 9.83. The zero-order chi connectivity index (χ0) is 13.8. The number of nitrogens with one attached hydrogen (secondary N) is 1. The molecule has 1 unspecified atom stereocenters. The molecule has 0 amide bonds. The monoisotopic (exact) mass is 278 g/mol. The van der Waals surface area contributed by atoms with E-state index in [-0.39, 0.29) is 0 Å². The summed E-state index contributed by atoms with van der Waals surface area (Å²) in [5.41, 5.74) is 0. The van der Waals surface area contributed by atoms with Crippen molar-refractivity contribution < 1.29 is 0 Å². The normalized spacial score (nSPS) is 38.5. The van der Waals surface area contributed by atoms with Crippen LogP contribution in [0.1, 0.15) is 71.1 Å². The molecule has 2 aliphatic carbocycles. The van der Waals surface area contributed by atoms with Crippen molar-refractivity contribution >= 4 is 0 Å². The molecule has 1 N–H and O–H groups in total. The van der Waals surface area contributed by atoms with E-state index in [2.05, 4.69) is 17.1 Å². The molecular weight excluding hydrogens is 244 g/mol. The van der Waals surface area contributed by atoms with Crippen molar-refractivity contribution in [1.82, 2.24) is 10.2 Å². The van der Waals surface area contributed by atoms with Crippen LogP contribution in [0.4, 0.5) is 0 Å². The van der Waals surface area contributed by atoms with Crippen molar-refractivity contribution in [2.45, 2.75) is 83.2 Å². The lowest BCUT2D eigenvalue weighted by atomic mass is 9.82. The molecule has 116 valence electrons. The molecular formula is C18H34N2. The first kappa shape index (κ1) is 14.8. The SMILES string of the molecule is CC1CCC(N2CCCNC(C3CCCCC3)C2)CC1. The van der Waals surface area contributed by atoms with Crippen LogP contribution in [-0.2, 0) is 0 Å². The summed E-state index contributed by atoms with van der Waals surface area (Å²) in [6, 6.07) is 1.69. The van der Waals surface area contributed by atoms with Gasteiger partial charge in [0.25, 0.3) is 0 Å². The molecule has 1 atom stereocenters. The van der Waals surface area contributed by atoms with Crippen molar-refractivity contribution in [1.29, 1.82) is 0 Å². The van der Waals surface area contributed by atoms with Gasteiger partial charge in [0, 0.05) is 18.6 Å². The Balaban J connectivity index is 1.57. The molecule has 1 aliphatic heterocycles. The van der Waals surface area contributed by atoms with Crippen LogP contribution >= 0.6 is 0 Å². The predicted molar refractivity (Wildman–Crippen MR) is 86.0 cm³/mol. The van der Waals surface area contributed by atoms with Crippen molar-refractivity contribution in [3.05, 3.63) is 0 Å². The zero-order valence-electron chi connectivity index (χ0n) is 13.4. The Bertz CT molecular complexity index is 277. The third-order valence-corrected chi connectivity index (χ3v) is 6.18. The van der Waals surface area contributed by atoms with E-state index in [1.165, 1.54) is 83.8 Å². The second kappa shape index (κ2) is 7.26. The molecule has 1 saturated heterocycles. The van der Waals surface area contributed by atoms with Gasteiger partial charge in [-0.15, -0.1) is 0 Å². The summed E-state index contributed by atoms with van der Waals surface area (Å²) in [7, 11) is 0. The minimum Gasteiger partial charge on any atom is -0.312 e. The van der Waals surface area contributed by atoms with Crippen molar-refractivity contribution in [3.8, 4) is 0 Å². The van der Waals surface area contributed by atoms with Gasteiger partial charge in [0.1, 0.15) is 0 Å². The first-order valence-corrected chi connectivity index (χ1v) is 9.30. The van der Waals surface area contributed by atoms with Crippen LogP contribution in [0.2, 0.25) is 0 Å². The van der Waals surface area contributed by atoms with Gasteiger partial charge in [0.05, 0.1) is 0 Å². The average Bonchev–Trinajstić information content (AvgIpc) is 2.75. The van der Waals surface area contributed by atoms with Crippen molar-refractivity contribution in [3.63, 3.8) is 0 Å². The van der Waals surface area contributed by atoms with Crippen LogP contribution in [0, 0.1) is 11.8 Å². The Kier molecular flexibility index (Phi) is 5.39. The quantitative estimate of drug-likeness (QED) is 0.826. The predicted octanol–water partition coefficient (Wildman–Crippen LogP) is 3.81. The van der Waals surface area contributed by atoms with E-state index >= 15 is 0 Å². The van der Waals surface area contributed by atoms with Crippen LogP contribution in [-0.4, -0.2) is 36.6 Å². The van der Waals surface area contributed by atoms with Crippen LogP contribution in [0.5, 0.6) is 0 Å². The molecule has 0 radical (unpaired) electrons. The maximum atomic E-state index is 3.89. The lowest BCUT2D eigenvalue weighted by molar-refractivity contribution is 0.121. The highest BCUT2D eigenvalue weighted by Gasteiger charge is 2.31. The first-order valence-electron chi connectivity index (χ1n) is 9.30. The van der Waals surface area contributed by atoms with E-state index < -0.39 is 0 Å². The fourth-order valence-electron chi connectivity index (χ4n) is 4.77. The molecule has 20 heavy (non-hydrogen) atoms. The third kappa shape index (κ3) is 3.76. The van der Waals surface area contributed by atoms with Gasteiger partial charge >= 0.3 is 0 Å². The fourth-order valence-corrected chi connectivity index (χ4v) is 4.77. The maximum absolute atomic E-state index is 3.89. The van der Waals surface area contributed by atoms with Gasteiger partial charge in [0.15, 0.2) is 0 Å². The second-order valence-corrected chi connectivity index (χ2v) is 7.72. The molecule has 3 rings (SSSR count). The van der Waals surface area contributed by atoms with E-state index in [0.29, 0.717) is 0 Å². The molecule has 2 saturated carbocycles. The van der Waals surface area contributed by atoms with Crippen molar-refractivity contribution in [2.75, 3.05) is 19.6 Å². The van der Waals surface area contributed by atoms with E-state index in [1.54, 1.807) is 0 Å². The third-order valence-electron chi connectivity index (χ3n) is 6.18. The summed E-state index contributed by atoms with van der Waals surface area (Å²) in [5, 5.41) is 3.89. The molecule has 0 spiro atoms. The number of hydrogen-bond acceptors (Lipinski definition) is 2. The summed E-state index contributed by atoms with van der Waals surface area (Å²) < 4.78 is 0. The largest absolute Gasteiger partial charge is 0.312 e. The Morgan fingerprint density at radius 3 is 2.35 bits per heavy atom. The average molecular weight is 278 g/mol. The van der Waals surface area contributed by atoms with Crippen LogP contribution in [0.15, 0.2) is 0 Å². The van der Waals surface area contributed by atoms with Crippen LogP contribution in [0.25, 0.3) is 0 Å². The molecule has 0 aromatic heterocycles. The highest BCUT2D eigenvalue weighted by Crippen LogP contribution is 2.31. The van der Waals surface area contributed by atoms with Crippen LogP contribution in [0.3, 0.4) is 0 Å². The zero-order valence-corrected chi connectivity index (χ0v) is 13.4. The minimum absolute atomic E-state index is 0.789. The Labute approximate surface area is 125 Å². The van der Waals surface area contributed by atoms with Gasteiger partial charge in [-0.25, -0.2) is 0 Å². The molecule has 2 heteroatoms.